The summed E-state index contributed by atoms with van der Waals surface area (Å²) >= 11 is 7.24. The van der Waals surface area contributed by atoms with Crippen LogP contribution in [0.2, 0.25) is 5.02 Å². The number of nitrogens with one attached hydrogen (secondary N) is 2. The summed E-state index contributed by atoms with van der Waals surface area (Å²) in [7, 11) is 0. The van der Waals surface area contributed by atoms with Crippen molar-refractivity contribution in [1.82, 2.24) is 9.97 Å². The number of hydrogen-bond donors (Lipinski definition) is 2. The number of halogens is 1. The summed E-state index contributed by atoms with van der Waals surface area (Å²) in [6.45, 7) is 0. The average molecular weight is 354 g/mol. The van der Waals surface area contributed by atoms with E-state index in [0.717, 1.165) is 22.2 Å². The smallest absolute Gasteiger partial charge is 0.257 e. The second-order valence-corrected chi connectivity index (χ2v) is 6.54. The molecule has 24 heavy (non-hydrogen) atoms. The Kier molecular flexibility index (Phi) is 3.80. The van der Waals surface area contributed by atoms with Crippen molar-refractivity contribution in [3.8, 4) is 11.3 Å². The van der Waals surface area contributed by atoms with E-state index in [-0.39, 0.29) is 5.91 Å². The Morgan fingerprint density at radius 3 is 2.75 bits per heavy atom. The van der Waals surface area contributed by atoms with Gasteiger partial charge in [0.05, 0.1) is 5.69 Å². The summed E-state index contributed by atoms with van der Waals surface area (Å²) in [5, 5.41) is 7.03. The number of fused-ring (bicyclic) bond motifs is 1. The van der Waals surface area contributed by atoms with E-state index in [0.29, 0.717) is 15.7 Å². The van der Waals surface area contributed by atoms with Gasteiger partial charge >= 0.3 is 0 Å². The van der Waals surface area contributed by atoms with E-state index in [9.17, 15) is 4.79 Å². The summed E-state index contributed by atoms with van der Waals surface area (Å²) in [4.78, 5) is 20.0. The Hall–Kier alpha value is -2.63. The van der Waals surface area contributed by atoms with Crippen molar-refractivity contribution >= 4 is 44.9 Å². The van der Waals surface area contributed by atoms with Gasteiger partial charge in [-0.3, -0.25) is 10.1 Å². The maximum Gasteiger partial charge on any atom is 0.257 e. The van der Waals surface area contributed by atoms with Gasteiger partial charge in [0.15, 0.2) is 5.13 Å². The maximum absolute atomic E-state index is 12.2. The minimum Gasteiger partial charge on any atom is -0.360 e. The number of hydrogen-bond acceptors (Lipinski definition) is 3. The molecule has 1 amide bonds. The Balaban J connectivity index is 1.59. The van der Waals surface area contributed by atoms with Gasteiger partial charge in [0.1, 0.15) is 0 Å². The van der Waals surface area contributed by atoms with Crippen LogP contribution in [0.15, 0.2) is 60.1 Å². The number of anilines is 1. The first kappa shape index (κ1) is 14.9. The third kappa shape index (κ3) is 2.79. The molecule has 4 nitrogen and oxygen atoms in total. The first-order valence-electron chi connectivity index (χ1n) is 7.29. The predicted octanol–water partition coefficient (Wildman–Crippen LogP) is 5.20. The summed E-state index contributed by atoms with van der Waals surface area (Å²) in [5.41, 5.74) is 3.47. The lowest BCUT2D eigenvalue weighted by Crippen LogP contribution is -2.11. The zero-order valence-electron chi connectivity index (χ0n) is 12.4. The van der Waals surface area contributed by atoms with Crippen LogP contribution in [0, 0.1) is 0 Å². The summed E-state index contributed by atoms with van der Waals surface area (Å²) in [6, 6.07) is 14.8. The highest BCUT2D eigenvalue weighted by Gasteiger charge is 2.12. The summed E-state index contributed by atoms with van der Waals surface area (Å²) < 4.78 is 0. The highest BCUT2D eigenvalue weighted by Crippen LogP contribution is 2.31. The van der Waals surface area contributed by atoms with Gasteiger partial charge in [-0.05, 0) is 30.3 Å². The van der Waals surface area contributed by atoms with E-state index in [4.69, 9.17) is 11.6 Å². The summed E-state index contributed by atoms with van der Waals surface area (Å²) in [6.07, 6.45) is 1.94. The standard InChI is InChI=1S/C18H12ClN3OS/c19-12-7-5-11(6-8-12)17(23)22-18-21-16(10-24-18)14-9-20-15-4-2-1-3-13(14)15/h1-10,20H,(H,21,22,23). The molecule has 2 heterocycles. The molecule has 2 N–H and O–H groups in total. The van der Waals surface area contributed by atoms with E-state index in [1.54, 1.807) is 24.3 Å². The zero-order chi connectivity index (χ0) is 16.5. The van der Waals surface area contributed by atoms with Crippen LogP contribution in [-0.2, 0) is 0 Å². The molecule has 4 rings (SSSR count). The molecule has 118 valence electrons. The van der Waals surface area contributed by atoms with Gasteiger partial charge in [0, 0.05) is 38.6 Å². The predicted molar refractivity (Wildman–Crippen MR) is 98.8 cm³/mol. The molecule has 6 heteroatoms. The SMILES string of the molecule is O=C(Nc1nc(-c2c[nH]c3ccccc23)cs1)c1ccc(Cl)cc1. The van der Waals surface area contributed by atoms with Gasteiger partial charge in [-0.25, -0.2) is 4.98 Å². The van der Waals surface area contributed by atoms with Gasteiger partial charge in [0.2, 0.25) is 0 Å². The number of thiazole rings is 1. The highest BCUT2D eigenvalue weighted by molar-refractivity contribution is 7.14. The molecule has 0 saturated carbocycles. The van der Waals surface area contributed by atoms with Gasteiger partial charge in [-0.15, -0.1) is 11.3 Å². The van der Waals surface area contributed by atoms with E-state index >= 15 is 0 Å². The minimum absolute atomic E-state index is 0.202. The first-order valence-corrected chi connectivity index (χ1v) is 8.55. The van der Waals surface area contributed by atoms with Gasteiger partial charge in [-0.2, -0.15) is 0 Å². The van der Waals surface area contributed by atoms with Crippen molar-refractivity contribution in [2.24, 2.45) is 0 Å². The van der Waals surface area contributed by atoms with Crippen LogP contribution in [0.5, 0.6) is 0 Å². The molecule has 4 aromatic rings. The van der Waals surface area contributed by atoms with E-state index in [1.807, 2.05) is 35.8 Å². The molecular weight excluding hydrogens is 342 g/mol. The Morgan fingerprint density at radius 2 is 1.92 bits per heavy atom. The Morgan fingerprint density at radius 1 is 1.12 bits per heavy atom. The largest absolute Gasteiger partial charge is 0.360 e. The number of rotatable bonds is 3. The van der Waals surface area contributed by atoms with Crippen LogP contribution in [0.4, 0.5) is 5.13 Å². The van der Waals surface area contributed by atoms with Crippen molar-refractivity contribution in [2.45, 2.75) is 0 Å². The number of nitrogens with zero attached hydrogens (tertiary/aromatic N) is 1. The molecule has 0 unspecified atom stereocenters. The van der Waals surface area contributed by atoms with Crippen molar-refractivity contribution in [2.75, 3.05) is 5.32 Å². The molecule has 0 bridgehead atoms. The molecule has 0 spiro atoms. The van der Waals surface area contributed by atoms with Crippen molar-refractivity contribution < 1.29 is 4.79 Å². The average Bonchev–Trinajstić information content (AvgIpc) is 3.22. The van der Waals surface area contributed by atoms with Crippen LogP contribution in [0.1, 0.15) is 10.4 Å². The number of carbonyl (C=O) groups is 1. The lowest BCUT2D eigenvalue weighted by Gasteiger charge is -2.01. The highest BCUT2D eigenvalue weighted by atomic mass is 35.5. The van der Waals surface area contributed by atoms with Gasteiger partial charge < -0.3 is 4.98 Å². The van der Waals surface area contributed by atoms with Crippen LogP contribution in [-0.4, -0.2) is 15.9 Å². The molecule has 0 aliphatic carbocycles. The zero-order valence-corrected chi connectivity index (χ0v) is 14.0. The fourth-order valence-electron chi connectivity index (χ4n) is 2.51. The molecule has 0 radical (unpaired) electrons. The molecular formula is C18H12ClN3OS. The monoisotopic (exact) mass is 353 g/mol. The van der Waals surface area contributed by atoms with Crippen LogP contribution >= 0.6 is 22.9 Å². The summed E-state index contributed by atoms with van der Waals surface area (Å²) in [5.74, 6) is -0.202. The van der Waals surface area contributed by atoms with Crippen molar-refractivity contribution in [3.63, 3.8) is 0 Å². The van der Waals surface area contributed by atoms with E-state index in [1.165, 1.54) is 11.3 Å². The second kappa shape index (κ2) is 6.11. The number of aromatic nitrogens is 2. The lowest BCUT2D eigenvalue weighted by atomic mass is 10.1. The number of benzene rings is 2. The van der Waals surface area contributed by atoms with E-state index in [2.05, 4.69) is 15.3 Å². The number of H-pyrrole nitrogens is 1. The molecule has 2 aromatic heterocycles. The lowest BCUT2D eigenvalue weighted by molar-refractivity contribution is 0.102. The number of amides is 1. The van der Waals surface area contributed by atoms with Gasteiger partial charge in [-0.1, -0.05) is 29.8 Å². The number of para-hydroxylation sites is 1. The minimum atomic E-state index is -0.202. The fourth-order valence-corrected chi connectivity index (χ4v) is 3.34. The molecule has 0 aliphatic heterocycles. The topological polar surface area (TPSA) is 57.8 Å². The molecule has 0 fully saturated rings. The number of carbonyl (C=O) groups excluding carboxylic acids is 1. The quantitative estimate of drug-likeness (QED) is 0.532. The Labute approximate surface area is 147 Å². The van der Waals surface area contributed by atoms with Crippen molar-refractivity contribution in [3.05, 3.63) is 70.7 Å². The Bertz CT molecular complexity index is 1020. The fraction of sp³-hybridized carbons (Fsp3) is 0. The normalized spacial score (nSPS) is 10.9. The second-order valence-electron chi connectivity index (χ2n) is 5.25. The molecule has 0 saturated heterocycles. The maximum atomic E-state index is 12.2. The molecule has 0 aliphatic rings. The van der Waals surface area contributed by atoms with Crippen LogP contribution in [0.25, 0.3) is 22.2 Å². The van der Waals surface area contributed by atoms with E-state index < -0.39 is 0 Å². The van der Waals surface area contributed by atoms with Crippen LogP contribution in [0.3, 0.4) is 0 Å². The van der Waals surface area contributed by atoms with Crippen molar-refractivity contribution in [1.29, 1.82) is 0 Å². The third-order valence-electron chi connectivity index (χ3n) is 3.70. The number of aromatic amines is 1. The first-order chi connectivity index (χ1) is 11.7. The molecule has 2 aromatic carbocycles. The van der Waals surface area contributed by atoms with Gasteiger partial charge in [0.25, 0.3) is 5.91 Å². The molecule has 0 atom stereocenters. The third-order valence-corrected chi connectivity index (χ3v) is 4.71. The van der Waals surface area contributed by atoms with Crippen LogP contribution < -0.4 is 5.32 Å².